The van der Waals surface area contributed by atoms with Crippen molar-refractivity contribution in [2.45, 2.75) is 96.9 Å². The third-order valence-corrected chi connectivity index (χ3v) is 8.83. The fourth-order valence-electron chi connectivity index (χ4n) is 5.70. The summed E-state index contributed by atoms with van der Waals surface area (Å²) in [5, 5.41) is 27.5. The molecule has 14 nitrogen and oxygen atoms in total. The lowest BCUT2D eigenvalue weighted by Gasteiger charge is -2.32. The van der Waals surface area contributed by atoms with Crippen molar-refractivity contribution in [2.24, 2.45) is 17.6 Å². The Balaban J connectivity index is 1.77. The molecule has 4 atom stereocenters. The quantitative estimate of drug-likeness (QED) is 0.139. The van der Waals surface area contributed by atoms with Gasteiger partial charge in [-0.3, -0.25) is 24.0 Å². The number of anilines is 2. The van der Waals surface area contributed by atoms with Gasteiger partial charge in [0.05, 0.1) is 23.2 Å². The van der Waals surface area contributed by atoms with Crippen LogP contribution in [-0.4, -0.2) is 82.7 Å². The number of aromatic carboxylic acids is 1. The number of esters is 1. The van der Waals surface area contributed by atoms with E-state index in [2.05, 4.69) is 16.0 Å². The molecule has 1 saturated heterocycles. The smallest absolute Gasteiger partial charge is 0.337 e. The Hall–Kier alpha value is -4.98. The average molecular weight is 710 g/mol. The lowest BCUT2D eigenvalue weighted by atomic mass is 9.96. The second kappa shape index (κ2) is 18.3. The number of hydrogen-bond donors (Lipinski definition) is 6. The number of nitrogens with two attached hydrogens (primary N) is 1. The molecule has 0 radical (unpaired) electrons. The summed E-state index contributed by atoms with van der Waals surface area (Å²) in [7, 11) is 0. The van der Waals surface area contributed by atoms with E-state index in [0.29, 0.717) is 38.0 Å². The minimum absolute atomic E-state index is 0.0103. The zero-order valence-electron chi connectivity index (χ0n) is 29.9. The average Bonchev–Trinajstić information content (AvgIpc) is 3.08. The van der Waals surface area contributed by atoms with Crippen molar-refractivity contribution < 1.29 is 43.7 Å². The number of carboxylic acids is 2. The lowest BCUT2D eigenvalue weighted by Crippen LogP contribution is -2.57. The van der Waals surface area contributed by atoms with Crippen LogP contribution in [-0.2, 0) is 35.1 Å². The van der Waals surface area contributed by atoms with Crippen LogP contribution in [0.5, 0.6) is 0 Å². The first-order valence-electron chi connectivity index (χ1n) is 17.3. The molecule has 2 aromatic carbocycles. The van der Waals surface area contributed by atoms with Gasteiger partial charge in [0.25, 0.3) is 0 Å². The Labute approximate surface area is 298 Å². The molecule has 0 spiro atoms. The van der Waals surface area contributed by atoms with E-state index in [1.807, 2.05) is 17.9 Å². The van der Waals surface area contributed by atoms with Crippen LogP contribution in [0.4, 0.5) is 11.4 Å². The summed E-state index contributed by atoms with van der Waals surface area (Å²) in [6, 6.07) is 10.2. The van der Waals surface area contributed by atoms with Crippen molar-refractivity contribution in [3.63, 3.8) is 0 Å². The van der Waals surface area contributed by atoms with Crippen molar-refractivity contribution in [1.82, 2.24) is 10.6 Å². The van der Waals surface area contributed by atoms with Gasteiger partial charge in [-0.15, -0.1) is 0 Å². The van der Waals surface area contributed by atoms with Gasteiger partial charge in [-0.05, 0) is 69.7 Å². The van der Waals surface area contributed by atoms with Crippen LogP contribution in [0.1, 0.15) is 82.6 Å². The number of carbonyl (C=O) groups excluding carboxylic acids is 4. The van der Waals surface area contributed by atoms with Crippen molar-refractivity contribution in [3.05, 3.63) is 59.7 Å². The molecule has 0 bridgehead atoms. The molecule has 51 heavy (non-hydrogen) atoms. The number of piperidine rings is 1. The molecule has 0 aliphatic carbocycles. The molecule has 0 aromatic heterocycles. The number of aliphatic carboxylic acids is 1. The maximum Gasteiger partial charge on any atom is 0.337 e. The molecular formula is C37H51N5O9. The van der Waals surface area contributed by atoms with Gasteiger partial charge in [-0.2, -0.15) is 0 Å². The number of rotatable bonds is 16. The minimum atomic E-state index is -1.27. The maximum absolute atomic E-state index is 13.8. The normalized spacial score (nSPS) is 15.8. The maximum atomic E-state index is 13.8. The highest BCUT2D eigenvalue weighted by Gasteiger charge is 2.32. The number of hydrogen-bond acceptors (Lipinski definition) is 9. The van der Waals surface area contributed by atoms with E-state index in [-0.39, 0.29) is 36.4 Å². The Morgan fingerprint density at radius 3 is 2.16 bits per heavy atom. The Morgan fingerprint density at radius 2 is 1.59 bits per heavy atom. The summed E-state index contributed by atoms with van der Waals surface area (Å²) in [6.45, 7) is 9.69. The first kappa shape index (κ1) is 40.4. The largest absolute Gasteiger partial charge is 0.481 e. The molecule has 7 N–H and O–H groups in total. The lowest BCUT2D eigenvalue weighted by molar-refractivity contribution is -0.155. The van der Waals surface area contributed by atoms with Gasteiger partial charge in [-0.25, -0.2) is 4.79 Å². The molecule has 2 aromatic rings. The van der Waals surface area contributed by atoms with Gasteiger partial charge in [0, 0.05) is 31.6 Å². The number of carboxylic acid groups (broad SMARTS) is 2. The zero-order chi connectivity index (χ0) is 37.9. The van der Waals surface area contributed by atoms with Gasteiger partial charge in [0.15, 0.2) is 0 Å². The molecule has 14 heteroatoms. The van der Waals surface area contributed by atoms with Gasteiger partial charge >= 0.3 is 17.9 Å². The van der Waals surface area contributed by atoms with Crippen LogP contribution in [0.2, 0.25) is 0 Å². The number of ether oxygens (including phenoxy) is 1. The predicted molar refractivity (Wildman–Crippen MR) is 191 cm³/mol. The van der Waals surface area contributed by atoms with Crippen LogP contribution >= 0.6 is 0 Å². The summed E-state index contributed by atoms with van der Waals surface area (Å²) in [4.78, 5) is 78.4. The van der Waals surface area contributed by atoms with Crippen LogP contribution in [0.25, 0.3) is 0 Å². The van der Waals surface area contributed by atoms with Crippen molar-refractivity contribution in [2.75, 3.05) is 23.3 Å². The van der Waals surface area contributed by atoms with Crippen LogP contribution in [0.15, 0.2) is 48.5 Å². The molecule has 1 aliphatic rings. The standard InChI is InChI=1S/C37H51N5O9/c1-6-22(2)31(34(46)39-28-14-12-25(21-26(28)36(49)50)42-18-16-24(17-19-42)35(47)48)41-33(45)29(20-23-10-8-7-9-11-23)40-32(44)27(38)13-15-30(43)51-37(3,4)5/h7-12,14,21-22,24,27,29,31H,6,13,15-20,38H2,1-5H3,(H,39,46)(H,40,44)(H,41,45)(H,47,48)(H,49,50)/t22-,27-,29-,31-/m0/s1. The van der Waals surface area contributed by atoms with Crippen molar-refractivity contribution >= 4 is 47.0 Å². The highest BCUT2D eigenvalue weighted by molar-refractivity contribution is 6.04. The van der Waals surface area contributed by atoms with E-state index in [0.717, 1.165) is 5.56 Å². The molecule has 0 saturated carbocycles. The van der Waals surface area contributed by atoms with E-state index in [9.17, 15) is 39.0 Å². The number of amides is 3. The molecule has 1 aliphatic heterocycles. The van der Waals surface area contributed by atoms with Crippen molar-refractivity contribution in [3.8, 4) is 0 Å². The summed E-state index contributed by atoms with van der Waals surface area (Å²) in [5.74, 6) is -5.42. The fourth-order valence-corrected chi connectivity index (χ4v) is 5.70. The van der Waals surface area contributed by atoms with E-state index < -0.39 is 65.3 Å². The highest BCUT2D eigenvalue weighted by Crippen LogP contribution is 2.28. The summed E-state index contributed by atoms with van der Waals surface area (Å²) < 4.78 is 5.29. The van der Waals surface area contributed by atoms with E-state index in [1.165, 1.54) is 12.1 Å². The number of benzene rings is 2. The minimum Gasteiger partial charge on any atom is -0.481 e. The summed E-state index contributed by atoms with van der Waals surface area (Å²) in [5.41, 5.74) is 6.60. The van der Waals surface area contributed by atoms with Gasteiger partial charge < -0.3 is 41.5 Å². The van der Waals surface area contributed by atoms with Crippen LogP contribution in [0.3, 0.4) is 0 Å². The fraction of sp³-hybridized carbons (Fsp3) is 0.514. The molecule has 3 rings (SSSR count). The second-order valence-electron chi connectivity index (χ2n) is 14.0. The number of carbonyl (C=O) groups is 6. The Bertz CT molecular complexity index is 1550. The monoisotopic (exact) mass is 709 g/mol. The first-order chi connectivity index (χ1) is 24.0. The van der Waals surface area contributed by atoms with Gasteiger partial charge in [0.1, 0.15) is 17.7 Å². The molecular weight excluding hydrogens is 658 g/mol. The van der Waals surface area contributed by atoms with Gasteiger partial charge in [0.2, 0.25) is 17.7 Å². The highest BCUT2D eigenvalue weighted by atomic mass is 16.6. The van der Waals surface area contributed by atoms with E-state index >= 15 is 0 Å². The summed E-state index contributed by atoms with van der Waals surface area (Å²) in [6.07, 6.45) is 1.32. The van der Waals surface area contributed by atoms with E-state index in [4.69, 9.17) is 10.5 Å². The SMILES string of the molecule is CC[C@H](C)[C@H](NC(=O)[C@H](Cc1ccccc1)NC(=O)[C@@H](N)CCC(=O)OC(C)(C)C)C(=O)Nc1ccc(N2CCC(C(=O)O)CC2)cc1C(=O)O. The Morgan fingerprint density at radius 1 is 0.941 bits per heavy atom. The van der Waals surface area contributed by atoms with E-state index in [1.54, 1.807) is 58.0 Å². The van der Waals surface area contributed by atoms with Crippen LogP contribution < -0.4 is 26.6 Å². The topological polar surface area (TPSA) is 217 Å². The third-order valence-electron chi connectivity index (χ3n) is 8.83. The molecule has 3 amide bonds. The van der Waals surface area contributed by atoms with Crippen molar-refractivity contribution in [1.29, 1.82) is 0 Å². The molecule has 1 fully saturated rings. The molecule has 0 unspecified atom stereocenters. The first-order valence-corrected chi connectivity index (χ1v) is 17.3. The number of nitrogens with zero attached hydrogens (tertiary/aromatic N) is 1. The Kier molecular flexibility index (Phi) is 14.5. The zero-order valence-corrected chi connectivity index (χ0v) is 29.9. The third kappa shape index (κ3) is 12.4. The molecule has 278 valence electrons. The second-order valence-corrected chi connectivity index (χ2v) is 14.0. The van der Waals surface area contributed by atoms with Gasteiger partial charge in [-0.1, -0.05) is 50.6 Å². The summed E-state index contributed by atoms with van der Waals surface area (Å²) >= 11 is 0. The molecule has 1 heterocycles. The van der Waals surface area contributed by atoms with Crippen LogP contribution in [0, 0.1) is 11.8 Å². The number of nitrogens with one attached hydrogen (secondary N) is 3. The predicted octanol–water partition coefficient (Wildman–Crippen LogP) is 3.33.